The third-order valence-corrected chi connectivity index (χ3v) is 1.45. The molecule has 0 aliphatic heterocycles. The number of nitrogens with zero attached hydrogens (tertiary/aromatic N) is 1. The predicted octanol–water partition coefficient (Wildman–Crippen LogP) is -1.05. The summed E-state index contributed by atoms with van der Waals surface area (Å²) in [5.74, 6) is -0.505. The van der Waals surface area contributed by atoms with Crippen LogP contribution in [0, 0.1) is 11.3 Å². The third-order valence-electron chi connectivity index (χ3n) is 0.620. The van der Waals surface area contributed by atoms with Crippen LogP contribution < -0.4 is 5.73 Å². The molecule has 0 aromatic rings. The SMILES string of the molecule is N#C[CH]([Na])C(N)=O. The van der Waals surface area contributed by atoms with E-state index in [1.165, 1.54) is 0 Å². The van der Waals surface area contributed by atoms with Gasteiger partial charge in [-0.1, -0.05) is 0 Å². The summed E-state index contributed by atoms with van der Waals surface area (Å²) in [4.78, 5) is 9.96. The molecule has 0 saturated carbocycles. The van der Waals surface area contributed by atoms with Crippen LogP contribution in [-0.4, -0.2) is 33.8 Å². The third kappa shape index (κ3) is 2.63. The molecule has 0 radical (unpaired) electrons. The van der Waals surface area contributed by atoms with Crippen molar-refractivity contribution in [2.24, 2.45) is 5.73 Å². The van der Waals surface area contributed by atoms with Crippen LogP contribution in [0.5, 0.6) is 0 Å². The van der Waals surface area contributed by atoms with E-state index in [0.717, 1.165) is 0 Å². The first-order valence-electron chi connectivity index (χ1n) is 1.87. The molecule has 7 heavy (non-hydrogen) atoms. The topological polar surface area (TPSA) is 66.9 Å². The zero-order valence-corrected chi connectivity index (χ0v) is 6.01. The number of nitriles is 1. The number of hydrogen-bond donors (Lipinski definition) is 1. The number of rotatable bonds is 1. The predicted molar refractivity (Wildman–Crippen MR) is 24.3 cm³/mol. The van der Waals surface area contributed by atoms with Crippen LogP contribution in [0.15, 0.2) is 0 Å². The van der Waals surface area contributed by atoms with Gasteiger partial charge in [0.15, 0.2) is 0 Å². The van der Waals surface area contributed by atoms with Crippen LogP contribution in [0.4, 0.5) is 0 Å². The van der Waals surface area contributed by atoms with Crippen molar-refractivity contribution >= 4 is 33.8 Å². The van der Waals surface area contributed by atoms with Gasteiger partial charge in [-0.3, -0.25) is 0 Å². The second-order valence-electron chi connectivity index (χ2n) is 1.25. The molecule has 0 saturated heterocycles. The average molecular weight is 106 g/mol. The van der Waals surface area contributed by atoms with Crippen molar-refractivity contribution < 1.29 is 4.79 Å². The number of carbonyl (C=O) groups is 1. The Morgan fingerprint density at radius 1 is 2.00 bits per heavy atom. The summed E-state index contributed by atoms with van der Waals surface area (Å²) in [5, 5.41) is 7.99. The van der Waals surface area contributed by atoms with E-state index < -0.39 is 9.07 Å². The maximum atomic E-state index is 9.96. The number of primary amides is 1. The summed E-state index contributed by atoms with van der Waals surface area (Å²) >= 11 is 0.539. The quantitative estimate of drug-likeness (QED) is 0.433. The van der Waals surface area contributed by atoms with Gasteiger partial charge in [0.05, 0.1) is 0 Å². The number of amides is 1. The Morgan fingerprint density at radius 2 is 2.43 bits per heavy atom. The molecule has 4 heteroatoms. The summed E-state index contributed by atoms with van der Waals surface area (Å²) in [7, 11) is 0. The Labute approximate surface area is 58.9 Å². The van der Waals surface area contributed by atoms with Gasteiger partial charge < -0.3 is 0 Å². The summed E-state index contributed by atoms with van der Waals surface area (Å²) in [6.45, 7) is 0. The molecule has 1 unspecified atom stereocenters. The average Bonchev–Trinajstić information content (AvgIpc) is 1.65. The van der Waals surface area contributed by atoms with Gasteiger partial charge in [0.25, 0.3) is 0 Å². The molecule has 3 nitrogen and oxygen atoms in total. The molecule has 0 spiro atoms. The molecule has 0 aromatic heterocycles. The zero-order valence-electron chi connectivity index (χ0n) is 4.01. The fourth-order valence-electron chi connectivity index (χ4n) is 0.0636. The Hall–Kier alpha value is -0.0400. The second kappa shape index (κ2) is 3.03. The number of hydrogen-bond acceptors (Lipinski definition) is 2. The van der Waals surface area contributed by atoms with Crippen molar-refractivity contribution in [3.63, 3.8) is 0 Å². The van der Waals surface area contributed by atoms with Crippen molar-refractivity contribution in [3.8, 4) is 6.07 Å². The van der Waals surface area contributed by atoms with E-state index in [1.807, 2.05) is 0 Å². The van der Waals surface area contributed by atoms with E-state index in [-0.39, 0.29) is 0 Å². The van der Waals surface area contributed by atoms with Crippen LogP contribution in [0.3, 0.4) is 0 Å². The van der Waals surface area contributed by atoms with Gasteiger partial charge in [0.1, 0.15) is 0 Å². The summed E-state index contributed by atoms with van der Waals surface area (Å²) in [6, 6.07) is 1.75. The van der Waals surface area contributed by atoms with Crippen molar-refractivity contribution in [1.82, 2.24) is 0 Å². The van der Waals surface area contributed by atoms with Crippen LogP contribution in [-0.2, 0) is 4.79 Å². The Bertz CT molecular complexity index is 117. The first-order chi connectivity index (χ1) is 3.18. The summed E-state index contributed by atoms with van der Waals surface area (Å²) < 4.78 is -0.514. The minimum atomic E-state index is -0.514. The zero-order chi connectivity index (χ0) is 5.86. The van der Waals surface area contributed by atoms with E-state index in [9.17, 15) is 4.79 Å². The molecule has 0 aliphatic carbocycles. The normalized spacial score (nSPS) is 12.1. The van der Waals surface area contributed by atoms with E-state index in [4.69, 9.17) is 11.0 Å². The number of nitrogens with two attached hydrogens (primary N) is 1. The van der Waals surface area contributed by atoms with E-state index >= 15 is 0 Å². The Kier molecular flexibility index (Phi) is 3.01. The van der Waals surface area contributed by atoms with Gasteiger partial charge in [-0.05, 0) is 0 Å². The first kappa shape index (κ1) is 6.96. The molecule has 0 rings (SSSR count). The molecule has 0 aliphatic rings. The molecule has 1 atom stereocenters. The van der Waals surface area contributed by atoms with Crippen LogP contribution >= 0.6 is 0 Å². The van der Waals surface area contributed by atoms with E-state index in [0.29, 0.717) is 27.9 Å². The first-order valence-corrected chi connectivity index (χ1v) is 3.03. The van der Waals surface area contributed by atoms with E-state index in [1.54, 1.807) is 6.07 Å². The molecule has 1 amide bonds. The monoisotopic (exact) mass is 106 g/mol. The molecule has 0 heterocycles. The summed E-state index contributed by atoms with van der Waals surface area (Å²) in [6.07, 6.45) is 0. The maximum absolute atomic E-state index is 9.96. The molecular weight excluding hydrogens is 103 g/mol. The van der Waals surface area contributed by atoms with Gasteiger partial charge in [0, 0.05) is 0 Å². The van der Waals surface area contributed by atoms with Crippen LogP contribution in [0.1, 0.15) is 0 Å². The Balaban J connectivity index is 3.63. The van der Waals surface area contributed by atoms with Crippen LogP contribution in [0.2, 0.25) is 3.17 Å². The van der Waals surface area contributed by atoms with Crippen molar-refractivity contribution in [2.75, 3.05) is 0 Å². The molecule has 32 valence electrons. The van der Waals surface area contributed by atoms with Gasteiger partial charge in [0.2, 0.25) is 0 Å². The fourth-order valence-corrected chi connectivity index (χ4v) is 0.0636. The molecule has 2 N–H and O–H groups in total. The van der Waals surface area contributed by atoms with Crippen molar-refractivity contribution in [3.05, 3.63) is 0 Å². The minimum absolute atomic E-state index is 0.505. The van der Waals surface area contributed by atoms with Gasteiger partial charge in [-0.25, -0.2) is 0 Å². The van der Waals surface area contributed by atoms with E-state index in [2.05, 4.69) is 0 Å². The van der Waals surface area contributed by atoms with Crippen LogP contribution in [0.25, 0.3) is 0 Å². The number of carbonyl (C=O) groups excluding carboxylic acids is 1. The fraction of sp³-hybridized carbons (Fsp3) is 0.333. The van der Waals surface area contributed by atoms with Gasteiger partial charge in [-0.2, -0.15) is 0 Å². The Morgan fingerprint density at radius 3 is 2.43 bits per heavy atom. The summed E-state index contributed by atoms with van der Waals surface area (Å²) in [5.41, 5.74) is 4.72. The van der Waals surface area contributed by atoms with Crippen molar-refractivity contribution in [1.29, 1.82) is 5.26 Å². The second-order valence-corrected chi connectivity index (χ2v) is 2.41. The van der Waals surface area contributed by atoms with Gasteiger partial charge in [-0.15, -0.1) is 0 Å². The van der Waals surface area contributed by atoms with Gasteiger partial charge >= 0.3 is 58.9 Å². The molecule has 0 bridgehead atoms. The molecule has 0 aromatic carbocycles. The molecule has 0 fully saturated rings. The standard InChI is InChI=1S/C3H3N2O.Na/c4-2-1-3(5)6;/h1H,(H2,5,6);. The van der Waals surface area contributed by atoms with Crippen molar-refractivity contribution in [2.45, 2.75) is 3.17 Å². The molecular formula is C3H3N2NaO.